The number of fused-ring (bicyclic) bond motifs is 1. The first-order chi connectivity index (χ1) is 8.56. The zero-order valence-electron chi connectivity index (χ0n) is 11.5. The van der Waals surface area contributed by atoms with Crippen LogP contribution in [-0.2, 0) is 6.54 Å². The summed E-state index contributed by atoms with van der Waals surface area (Å²) in [4.78, 5) is 14.4. The fraction of sp³-hybridized carbons (Fsp3) is 0.562. The maximum Gasteiger partial charge on any atom is 0.254 e. The number of benzene rings is 1. The molecule has 18 heavy (non-hydrogen) atoms. The van der Waals surface area contributed by atoms with Gasteiger partial charge in [0.05, 0.1) is 0 Å². The number of hydrogen-bond acceptors (Lipinski definition) is 1. The average Bonchev–Trinajstić information content (AvgIpc) is 3.05. The highest BCUT2D eigenvalue weighted by Crippen LogP contribution is 2.35. The van der Waals surface area contributed by atoms with Crippen molar-refractivity contribution in [2.24, 2.45) is 5.92 Å². The van der Waals surface area contributed by atoms with Gasteiger partial charge in [-0.2, -0.15) is 0 Å². The molecule has 0 aromatic heterocycles. The predicted octanol–water partition coefficient (Wildman–Crippen LogP) is 3.48. The Balaban J connectivity index is 1.92. The second kappa shape index (κ2) is 4.11. The van der Waals surface area contributed by atoms with Gasteiger partial charge in [-0.25, -0.2) is 0 Å². The molecule has 0 radical (unpaired) electrons. The molecule has 0 saturated heterocycles. The van der Waals surface area contributed by atoms with E-state index in [1.165, 1.54) is 24.0 Å². The highest BCUT2D eigenvalue weighted by atomic mass is 16.2. The Labute approximate surface area is 109 Å². The van der Waals surface area contributed by atoms with Crippen LogP contribution in [0.5, 0.6) is 0 Å². The van der Waals surface area contributed by atoms with Crippen molar-refractivity contribution < 1.29 is 4.79 Å². The Hall–Kier alpha value is -1.31. The number of hydrogen-bond donors (Lipinski definition) is 0. The van der Waals surface area contributed by atoms with E-state index >= 15 is 0 Å². The zero-order chi connectivity index (χ0) is 12.9. The fourth-order valence-electron chi connectivity index (χ4n) is 2.85. The summed E-state index contributed by atoms with van der Waals surface area (Å²) in [5.74, 6) is 1.56. The van der Waals surface area contributed by atoms with Gasteiger partial charge in [-0.15, -0.1) is 0 Å². The predicted molar refractivity (Wildman–Crippen MR) is 72.7 cm³/mol. The number of rotatable bonds is 3. The van der Waals surface area contributed by atoms with Crippen LogP contribution in [0.2, 0.25) is 0 Å². The van der Waals surface area contributed by atoms with Crippen molar-refractivity contribution in [1.82, 2.24) is 4.90 Å². The smallest absolute Gasteiger partial charge is 0.254 e. The van der Waals surface area contributed by atoms with Crippen LogP contribution in [0, 0.1) is 12.8 Å². The third-order valence-electron chi connectivity index (χ3n) is 4.14. The molecule has 3 rings (SSSR count). The van der Waals surface area contributed by atoms with Gasteiger partial charge in [0, 0.05) is 18.7 Å². The van der Waals surface area contributed by atoms with Crippen molar-refractivity contribution in [2.75, 3.05) is 6.54 Å². The SMILES string of the molecule is Cc1cc(C(C)C)cc2c1C(=O)N(CC1CC1)C2. The van der Waals surface area contributed by atoms with E-state index in [-0.39, 0.29) is 5.91 Å². The largest absolute Gasteiger partial charge is 0.334 e. The van der Waals surface area contributed by atoms with Crippen LogP contribution in [0.3, 0.4) is 0 Å². The number of amides is 1. The molecule has 1 aliphatic carbocycles. The molecule has 1 aliphatic heterocycles. The number of nitrogens with zero attached hydrogens (tertiary/aromatic N) is 1. The molecule has 0 N–H and O–H groups in total. The lowest BCUT2D eigenvalue weighted by molar-refractivity contribution is 0.0770. The van der Waals surface area contributed by atoms with Gasteiger partial charge in [0.2, 0.25) is 0 Å². The first-order valence-electron chi connectivity index (χ1n) is 6.99. The van der Waals surface area contributed by atoms with Crippen LogP contribution in [-0.4, -0.2) is 17.4 Å². The Morgan fingerprint density at radius 1 is 1.33 bits per heavy atom. The Bertz CT molecular complexity index is 500. The van der Waals surface area contributed by atoms with Crippen molar-refractivity contribution in [3.8, 4) is 0 Å². The molecule has 0 atom stereocenters. The lowest BCUT2D eigenvalue weighted by Crippen LogP contribution is -2.26. The minimum Gasteiger partial charge on any atom is -0.334 e. The van der Waals surface area contributed by atoms with Crippen LogP contribution in [0.1, 0.15) is 59.7 Å². The van der Waals surface area contributed by atoms with E-state index in [9.17, 15) is 4.79 Å². The van der Waals surface area contributed by atoms with Gasteiger partial charge in [-0.05, 0) is 48.3 Å². The molecule has 2 aliphatic rings. The van der Waals surface area contributed by atoms with E-state index in [0.717, 1.165) is 30.1 Å². The Kier molecular flexibility index (Phi) is 2.69. The summed E-state index contributed by atoms with van der Waals surface area (Å²) < 4.78 is 0. The minimum absolute atomic E-state index is 0.254. The molecule has 1 saturated carbocycles. The van der Waals surface area contributed by atoms with Crippen molar-refractivity contribution in [2.45, 2.75) is 46.1 Å². The molecular formula is C16H21NO. The second-order valence-corrected chi connectivity index (χ2v) is 6.16. The van der Waals surface area contributed by atoms with Crippen LogP contribution >= 0.6 is 0 Å². The van der Waals surface area contributed by atoms with E-state index in [4.69, 9.17) is 0 Å². The van der Waals surface area contributed by atoms with E-state index in [1.807, 2.05) is 4.90 Å². The van der Waals surface area contributed by atoms with Gasteiger partial charge in [0.15, 0.2) is 0 Å². The topological polar surface area (TPSA) is 20.3 Å². The standard InChI is InChI=1S/C16H21NO/c1-10(2)13-6-11(3)15-14(7-13)9-17(16(15)18)8-12-4-5-12/h6-7,10,12H,4-5,8-9H2,1-3H3. The van der Waals surface area contributed by atoms with Gasteiger partial charge >= 0.3 is 0 Å². The van der Waals surface area contributed by atoms with Crippen LogP contribution in [0.15, 0.2) is 12.1 Å². The molecule has 0 spiro atoms. The molecule has 1 aromatic rings. The second-order valence-electron chi connectivity index (χ2n) is 6.16. The highest BCUT2D eigenvalue weighted by molar-refractivity contribution is 5.99. The summed E-state index contributed by atoms with van der Waals surface area (Å²) in [7, 11) is 0. The van der Waals surface area contributed by atoms with Crippen molar-refractivity contribution in [1.29, 1.82) is 0 Å². The van der Waals surface area contributed by atoms with E-state index in [2.05, 4.69) is 32.9 Å². The Morgan fingerprint density at radius 2 is 2.06 bits per heavy atom. The van der Waals surface area contributed by atoms with Gasteiger partial charge in [0.25, 0.3) is 5.91 Å². The minimum atomic E-state index is 0.254. The summed E-state index contributed by atoms with van der Waals surface area (Å²) in [5.41, 5.74) is 4.72. The maximum atomic E-state index is 12.4. The normalized spacial score (nSPS) is 18.7. The first kappa shape index (κ1) is 11.8. The summed E-state index contributed by atoms with van der Waals surface area (Å²) >= 11 is 0. The third kappa shape index (κ3) is 1.94. The number of aryl methyl sites for hydroxylation is 1. The van der Waals surface area contributed by atoms with Gasteiger partial charge in [0.1, 0.15) is 0 Å². The molecule has 1 fully saturated rings. The lowest BCUT2D eigenvalue weighted by atomic mass is 9.95. The average molecular weight is 243 g/mol. The van der Waals surface area contributed by atoms with Crippen molar-refractivity contribution in [3.63, 3.8) is 0 Å². The van der Waals surface area contributed by atoms with Crippen LogP contribution in [0.25, 0.3) is 0 Å². The Morgan fingerprint density at radius 3 is 2.67 bits per heavy atom. The molecule has 0 unspecified atom stereocenters. The highest BCUT2D eigenvalue weighted by Gasteiger charge is 2.33. The fourth-order valence-corrected chi connectivity index (χ4v) is 2.85. The lowest BCUT2D eigenvalue weighted by Gasteiger charge is -2.14. The quantitative estimate of drug-likeness (QED) is 0.796. The molecule has 1 amide bonds. The summed E-state index contributed by atoms with van der Waals surface area (Å²) in [5, 5.41) is 0. The summed E-state index contributed by atoms with van der Waals surface area (Å²) in [6, 6.07) is 4.42. The summed E-state index contributed by atoms with van der Waals surface area (Å²) in [6.45, 7) is 8.28. The molecular weight excluding hydrogens is 222 g/mol. The molecule has 0 bridgehead atoms. The van der Waals surface area contributed by atoms with E-state index in [1.54, 1.807) is 0 Å². The molecule has 1 heterocycles. The van der Waals surface area contributed by atoms with Gasteiger partial charge < -0.3 is 4.90 Å². The van der Waals surface area contributed by atoms with Crippen molar-refractivity contribution >= 4 is 5.91 Å². The molecule has 96 valence electrons. The maximum absolute atomic E-state index is 12.4. The molecule has 2 heteroatoms. The summed E-state index contributed by atoms with van der Waals surface area (Å²) in [6.07, 6.45) is 2.60. The van der Waals surface area contributed by atoms with Crippen molar-refractivity contribution in [3.05, 3.63) is 34.4 Å². The number of carbonyl (C=O) groups excluding carboxylic acids is 1. The van der Waals surface area contributed by atoms with E-state index in [0.29, 0.717) is 5.92 Å². The van der Waals surface area contributed by atoms with Gasteiger partial charge in [-0.3, -0.25) is 4.79 Å². The third-order valence-corrected chi connectivity index (χ3v) is 4.14. The van der Waals surface area contributed by atoms with Crippen LogP contribution < -0.4 is 0 Å². The first-order valence-corrected chi connectivity index (χ1v) is 6.99. The molecule has 1 aromatic carbocycles. The van der Waals surface area contributed by atoms with Gasteiger partial charge in [-0.1, -0.05) is 26.0 Å². The molecule has 2 nitrogen and oxygen atoms in total. The number of carbonyl (C=O) groups is 1. The van der Waals surface area contributed by atoms with E-state index < -0.39 is 0 Å². The monoisotopic (exact) mass is 243 g/mol. The zero-order valence-corrected chi connectivity index (χ0v) is 11.5. The van der Waals surface area contributed by atoms with Crippen LogP contribution in [0.4, 0.5) is 0 Å².